The highest BCUT2D eigenvalue weighted by molar-refractivity contribution is 6.37. The number of anilines is 4. The molecule has 4 saturated heterocycles. The standard InChI is InChI=1S/C20H23ClN6.C19H23ClN6.C19H22ClN5.C18H21ClN6O/c1-12-17(21)13(3-7-23-12)18-19-14(10-24-18)26-16(11-25-19)27-8-5-20(6-9-27)4-2-15(20)22;1-3-19(21)5-8-26(9-6-19)15-11-24-18-14(25-15)10-23-17(18)13-4-7-22-12(2)16(13)20;1-12-3-4-14(20)13(9-12)17-18-15(10-22-17)24-16(11-23-18)25-7-5-19(2,21)6-8-25;1-11-6-12(13(19)7-21-11)16-17-14(8-22-16)24-15(9-23-17)25-4-2-18(26,10-20)3-5-25/h3,7,11,15H,2,4-6,8-10,22H2,1H3;4,7,11H,3,5-6,8-10,21H2,1-2H3;3-4,9,11H,5-8,10,21H2,1-2H3;6-7,9,26H,2-5,8,10,20H2,1H3. The molecule has 15 heterocycles. The van der Waals surface area contributed by atoms with Crippen molar-refractivity contribution < 1.29 is 5.11 Å². The van der Waals surface area contributed by atoms with E-state index >= 15 is 0 Å². The Bertz CT molecular complexity index is 4610. The highest BCUT2D eigenvalue weighted by atomic mass is 35.5. The number of piperidine rings is 4. The highest BCUT2D eigenvalue weighted by Gasteiger charge is 2.47. The Labute approximate surface area is 626 Å². The lowest BCUT2D eigenvalue weighted by Crippen LogP contribution is -2.56. The van der Waals surface area contributed by atoms with E-state index in [1.807, 2.05) is 76.6 Å². The summed E-state index contributed by atoms with van der Waals surface area (Å²) < 4.78 is 0. The first-order valence-electron chi connectivity index (χ1n) is 36.0. The number of aryl methyl sites for hydroxylation is 4. The summed E-state index contributed by atoms with van der Waals surface area (Å²) >= 11 is 25.5. The van der Waals surface area contributed by atoms with Crippen LogP contribution >= 0.6 is 46.4 Å². The van der Waals surface area contributed by atoms with E-state index in [0.29, 0.717) is 90.2 Å². The van der Waals surface area contributed by atoms with Crippen molar-refractivity contribution in [2.24, 2.45) is 48.3 Å². The maximum Gasteiger partial charge on any atom is 0.147 e. The molecular weight excluding hydrogens is 1390 g/mol. The van der Waals surface area contributed by atoms with Crippen molar-refractivity contribution in [1.82, 2.24) is 54.8 Å². The molecule has 7 aromatic heterocycles. The van der Waals surface area contributed by atoms with Gasteiger partial charge < -0.3 is 47.6 Å². The molecule has 104 heavy (non-hydrogen) atoms. The quantitative estimate of drug-likeness (QED) is 0.0849. The molecule has 8 aromatic rings. The number of aromatic nitrogens is 11. The summed E-state index contributed by atoms with van der Waals surface area (Å²) in [6, 6.07) is 12.0. The summed E-state index contributed by atoms with van der Waals surface area (Å²) in [7, 11) is 0. The van der Waals surface area contributed by atoms with Crippen molar-refractivity contribution in [3.63, 3.8) is 0 Å². The number of halogens is 4. The summed E-state index contributed by atoms with van der Waals surface area (Å²) in [6.45, 7) is 21.5. The number of nitrogens with two attached hydrogens (primary N) is 4. The van der Waals surface area contributed by atoms with Gasteiger partial charge in [0.1, 0.15) is 46.0 Å². The summed E-state index contributed by atoms with van der Waals surface area (Å²) in [6.07, 6.45) is 23.4. The Balaban J connectivity index is 0.000000117. The van der Waals surface area contributed by atoms with Crippen molar-refractivity contribution in [3.05, 3.63) is 190 Å². The molecule has 1 aromatic carbocycles. The number of pyridine rings is 3. The fraction of sp³-hybridized carbons (Fsp3) is 0.461. The molecule has 542 valence electrons. The normalized spacial score (nSPS) is 19.9. The minimum Gasteiger partial charge on any atom is -0.388 e. The zero-order valence-electron chi connectivity index (χ0n) is 59.8. The zero-order chi connectivity index (χ0) is 72.8. The number of hydrogen-bond acceptors (Lipinski definition) is 24. The summed E-state index contributed by atoms with van der Waals surface area (Å²) in [5.74, 6) is 3.60. The molecule has 0 amide bonds. The molecule has 9 N–H and O–H groups in total. The monoisotopic (exact) mass is 1480 g/mol. The SMILES string of the molecule is CCC1(N)CCN(c2cnc3c(n2)CN=C3c2ccnc(C)c2Cl)CC1.Cc1cc(C2=NCc3nc(N4CCC(O)(CN)CC4)cnc32)c(Cl)cn1.Cc1ccc(Cl)c(C2=NCc3nc(N4CCC(C)(N)CC4)cnc32)c1.Cc1nccc(C2=NCc3nc(N4CCC5(CCC5N)CC4)cnc32)c1Cl. The van der Waals surface area contributed by atoms with E-state index in [0.717, 1.165) is 221 Å². The Hall–Kier alpha value is -8.17. The molecule has 28 heteroatoms. The van der Waals surface area contributed by atoms with Crippen LogP contribution in [-0.2, 0) is 26.2 Å². The number of hydrogen-bond donors (Lipinski definition) is 5. The lowest BCUT2D eigenvalue weighted by molar-refractivity contribution is 0.0248. The minimum absolute atomic E-state index is 0.0348. The first-order chi connectivity index (χ1) is 50.0. The van der Waals surface area contributed by atoms with E-state index in [9.17, 15) is 5.11 Å². The van der Waals surface area contributed by atoms with Crippen LogP contribution in [0.1, 0.15) is 175 Å². The number of nitrogens with zero attached hydrogens (tertiary/aromatic N) is 19. The molecule has 1 saturated carbocycles. The topological polar surface area (TPSA) is 328 Å². The second-order valence-corrected chi connectivity index (χ2v) is 30.9. The van der Waals surface area contributed by atoms with Gasteiger partial charge >= 0.3 is 0 Å². The third-order valence-electron chi connectivity index (χ3n) is 22.3. The first-order valence-corrected chi connectivity index (χ1v) is 37.5. The molecule has 0 radical (unpaired) electrons. The van der Waals surface area contributed by atoms with Crippen molar-refractivity contribution in [1.29, 1.82) is 0 Å². The van der Waals surface area contributed by atoms with Gasteiger partial charge in [0, 0.05) is 123 Å². The Morgan fingerprint density at radius 1 is 0.471 bits per heavy atom. The molecule has 8 aliphatic heterocycles. The number of fused-ring (bicyclic) bond motifs is 4. The molecular formula is C76H89Cl4N23O. The smallest absolute Gasteiger partial charge is 0.147 e. The Kier molecular flexibility index (Phi) is 21.0. The van der Waals surface area contributed by atoms with Gasteiger partial charge in [-0.05, 0) is 141 Å². The van der Waals surface area contributed by atoms with E-state index in [2.05, 4.69) is 89.4 Å². The Morgan fingerprint density at radius 2 is 0.865 bits per heavy atom. The van der Waals surface area contributed by atoms with Crippen LogP contribution in [0.4, 0.5) is 23.3 Å². The molecule has 9 aliphatic rings. The fourth-order valence-electron chi connectivity index (χ4n) is 14.9. The van der Waals surface area contributed by atoms with Gasteiger partial charge in [0.2, 0.25) is 0 Å². The van der Waals surface area contributed by atoms with Crippen molar-refractivity contribution >= 4 is 92.5 Å². The van der Waals surface area contributed by atoms with Crippen LogP contribution in [0.2, 0.25) is 20.1 Å². The largest absolute Gasteiger partial charge is 0.388 e. The molecule has 5 fully saturated rings. The van der Waals surface area contributed by atoms with Gasteiger partial charge in [0.05, 0.1) is 134 Å². The Morgan fingerprint density at radius 3 is 1.26 bits per heavy atom. The van der Waals surface area contributed by atoms with Gasteiger partial charge in [0.25, 0.3) is 0 Å². The maximum absolute atomic E-state index is 10.3. The van der Waals surface area contributed by atoms with E-state index in [-0.39, 0.29) is 11.1 Å². The molecule has 17 rings (SSSR count). The molecule has 1 atom stereocenters. The summed E-state index contributed by atoms with van der Waals surface area (Å²) in [5.41, 5.74) is 41.3. The minimum atomic E-state index is -0.757. The summed E-state index contributed by atoms with van der Waals surface area (Å²) in [4.78, 5) is 78.2. The van der Waals surface area contributed by atoms with Crippen LogP contribution in [0.25, 0.3) is 0 Å². The van der Waals surface area contributed by atoms with E-state index in [4.69, 9.17) is 94.3 Å². The van der Waals surface area contributed by atoms with Gasteiger partial charge in [-0.2, -0.15) is 0 Å². The molecule has 1 aliphatic carbocycles. The first kappa shape index (κ1) is 72.8. The van der Waals surface area contributed by atoms with Crippen LogP contribution in [0, 0.1) is 33.1 Å². The second kappa shape index (κ2) is 30.0. The third-order valence-corrected chi connectivity index (χ3v) is 23.9. The van der Waals surface area contributed by atoms with Gasteiger partial charge in [-0.15, -0.1) is 0 Å². The highest BCUT2D eigenvalue weighted by Crippen LogP contribution is 2.48. The molecule has 1 unspecified atom stereocenters. The van der Waals surface area contributed by atoms with Crippen molar-refractivity contribution in [2.45, 2.75) is 161 Å². The van der Waals surface area contributed by atoms with Crippen LogP contribution in [0.3, 0.4) is 0 Å². The zero-order valence-corrected chi connectivity index (χ0v) is 62.8. The summed E-state index contributed by atoms with van der Waals surface area (Å²) in [5, 5.41) is 12.8. The third kappa shape index (κ3) is 15.0. The number of aliphatic hydroxyl groups is 1. The predicted molar refractivity (Wildman–Crippen MR) is 413 cm³/mol. The second-order valence-electron chi connectivity index (χ2n) is 29.3. The van der Waals surface area contributed by atoms with Crippen LogP contribution < -0.4 is 42.5 Å². The van der Waals surface area contributed by atoms with Crippen molar-refractivity contribution in [3.8, 4) is 0 Å². The van der Waals surface area contributed by atoms with Gasteiger partial charge in [0.15, 0.2) is 0 Å². The van der Waals surface area contributed by atoms with Crippen LogP contribution in [-0.4, -0.2) is 164 Å². The van der Waals surface area contributed by atoms with Crippen molar-refractivity contribution in [2.75, 3.05) is 78.5 Å². The van der Waals surface area contributed by atoms with E-state index < -0.39 is 5.60 Å². The lowest BCUT2D eigenvalue weighted by Gasteiger charge is -2.52. The van der Waals surface area contributed by atoms with E-state index in [1.54, 1.807) is 24.8 Å². The number of rotatable bonds is 10. The fourth-order valence-corrected chi connectivity index (χ4v) is 15.7. The average Bonchev–Trinajstić information content (AvgIpc) is 1.82. The number of benzene rings is 1. The van der Waals surface area contributed by atoms with Gasteiger partial charge in [-0.25, -0.2) is 39.9 Å². The molecule has 1 spiro atoms. The predicted octanol–water partition coefficient (Wildman–Crippen LogP) is 10.4. The van der Waals surface area contributed by atoms with Gasteiger partial charge in [-0.1, -0.05) is 65.0 Å². The molecule has 0 bridgehead atoms. The van der Waals surface area contributed by atoms with Crippen LogP contribution in [0.5, 0.6) is 0 Å². The lowest BCUT2D eigenvalue weighted by atomic mass is 9.60. The average molecular weight is 1480 g/mol. The number of aliphatic imine (C=N–C) groups is 4. The van der Waals surface area contributed by atoms with Gasteiger partial charge in [-0.3, -0.25) is 34.9 Å². The van der Waals surface area contributed by atoms with Crippen LogP contribution in [0.15, 0.2) is 99.7 Å². The molecule has 24 nitrogen and oxygen atoms in total. The maximum atomic E-state index is 10.3. The van der Waals surface area contributed by atoms with E-state index in [1.165, 1.54) is 12.8 Å².